The predicted octanol–water partition coefficient (Wildman–Crippen LogP) is 3.34. The average molecular weight is 382 g/mol. The normalized spacial score (nSPS) is 11.1. The van der Waals surface area contributed by atoms with Gasteiger partial charge in [-0.3, -0.25) is 4.79 Å². The first kappa shape index (κ1) is 19.7. The molecular formula is C21H26N4O3. The minimum Gasteiger partial charge on any atom is -0.493 e. The number of hydrogen-bond donors (Lipinski definition) is 0. The number of amides is 1. The molecule has 148 valence electrons. The van der Waals surface area contributed by atoms with Crippen LogP contribution in [0.3, 0.4) is 0 Å². The van der Waals surface area contributed by atoms with E-state index < -0.39 is 0 Å². The first-order chi connectivity index (χ1) is 13.4. The number of nitrogens with zero attached hydrogens (tertiary/aromatic N) is 4. The lowest BCUT2D eigenvalue weighted by molar-refractivity contribution is 0.0796. The number of aromatic nitrogens is 3. The lowest BCUT2D eigenvalue weighted by Crippen LogP contribution is -2.29. The summed E-state index contributed by atoms with van der Waals surface area (Å²) in [5, 5.41) is 5.22. The van der Waals surface area contributed by atoms with Crippen molar-refractivity contribution >= 4 is 16.9 Å². The molecule has 0 aliphatic heterocycles. The van der Waals surface area contributed by atoms with Crippen LogP contribution >= 0.6 is 0 Å². The number of pyridine rings is 1. The van der Waals surface area contributed by atoms with E-state index in [2.05, 4.69) is 23.9 Å². The fourth-order valence-electron chi connectivity index (χ4n) is 3.09. The van der Waals surface area contributed by atoms with E-state index >= 15 is 0 Å². The van der Waals surface area contributed by atoms with E-state index in [1.54, 1.807) is 38.6 Å². The third-order valence-corrected chi connectivity index (χ3v) is 4.70. The minimum atomic E-state index is -0.0628. The van der Waals surface area contributed by atoms with E-state index in [-0.39, 0.29) is 11.9 Å². The lowest BCUT2D eigenvalue weighted by atomic mass is 10.1. The van der Waals surface area contributed by atoms with Gasteiger partial charge in [-0.25, -0.2) is 9.67 Å². The van der Waals surface area contributed by atoms with Crippen LogP contribution in [0.5, 0.6) is 11.5 Å². The van der Waals surface area contributed by atoms with Gasteiger partial charge in [0, 0.05) is 31.2 Å². The van der Waals surface area contributed by atoms with Gasteiger partial charge in [0.25, 0.3) is 5.91 Å². The van der Waals surface area contributed by atoms with Crippen molar-refractivity contribution in [3.05, 3.63) is 47.8 Å². The van der Waals surface area contributed by atoms with E-state index in [1.165, 1.54) is 0 Å². The van der Waals surface area contributed by atoms with Crippen molar-refractivity contribution in [3.63, 3.8) is 0 Å². The van der Waals surface area contributed by atoms with Crippen molar-refractivity contribution in [2.24, 2.45) is 0 Å². The van der Waals surface area contributed by atoms with E-state index in [0.29, 0.717) is 30.0 Å². The van der Waals surface area contributed by atoms with E-state index in [9.17, 15) is 4.79 Å². The summed E-state index contributed by atoms with van der Waals surface area (Å²) in [5.41, 5.74) is 2.43. The second kappa shape index (κ2) is 8.29. The molecule has 3 rings (SSSR count). The van der Waals surface area contributed by atoms with Gasteiger partial charge in [0.15, 0.2) is 17.1 Å². The van der Waals surface area contributed by atoms with Crippen molar-refractivity contribution in [2.45, 2.75) is 26.3 Å². The van der Waals surface area contributed by atoms with Crippen molar-refractivity contribution in [1.82, 2.24) is 19.7 Å². The quantitative estimate of drug-likeness (QED) is 0.627. The summed E-state index contributed by atoms with van der Waals surface area (Å²) < 4.78 is 12.5. The lowest BCUT2D eigenvalue weighted by Gasteiger charge is -2.18. The van der Waals surface area contributed by atoms with Gasteiger partial charge in [0.05, 0.1) is 26.0 Å². The molecule has 0 radical (unpaired) electrons. The third-order valence-electron chi connectivity index (χ3n) is 4.70. The molecule has 0 aliphatic rings. The Morgan fingerprint density at radius 3 is 2.57 bits per heavy atom. The fourth-order valence-corrected chi connectivity index (χ4v) is 3.09. The van der Waals surface area contributed by atoms with Crippen LogP contribution in [-0.4, -0.2) is 53.4 Å². The summed E-state index contributed by atoms with van der Waals surface area (Å²) in [4.78, 5) is 18.9. The molecule has 3 aromatic rings. The Morgan fingerprint density at radius 2 is 1.89 bits per heavy atom. The zero-order chi connectivity index (χ0) is 20.3. The van der Waals surface area contributed by atoms with E-state index in [0.717, 1.165) is 16.6 Å². The van der Waals surface area contributed by atoms with Crippen molar-refractivity contribution in [2.75, 3.05) is 27.8 Å². The number of likely N-dealkylation sites (N-methyl/N-ethyl adjacent to an activating group) is 1. The number of carbonyl (C=O) groups is 1. The largest absolute Gasteiger partial charge is 0.493 e. The highest BCUT2D eigenvalue weighted by Crippen LogP contribution is 2.27. The Morgan fingerprint density at radius 1 is 1.14 bits per heavy atom. The summed E-state index contributed by atoms with van der Waals surface area (Å²) in [6.45, 7) is 4.68. The second-order valence-corrected chi connectivity index (χ2v) is 6.99. The second-order valence-electron chi connectivity index (χ2n) is 6.99. The van der Waals surface area contributed by atoms with Crippen LogP contribution in [0.2, 0.25) is 0 Å². The maximum atomic E-state index is 12.8. The molecule has 0 N–H and O–H groups in total. The van der Waals surface area contributed by atoms with Crippen LogP contribution in [0.4, 0.5) is 0 Å². The molecule has 0 unspecified atom stereocenters. The molecule has 0 aliphatic carbocycles. The van der Waals surface area contributed by atoms with Gasteiger partial charge >= 0.3 is 0 Å². The van der Waals surface area contributed by atoms with E-state index in [1.807, 2.05) is 28.9 Å². The zero-order valence-corrected chi connectivity index (χ0v) is 17.0. The van der Waals surface area contributed by atoms with Crippen LogP contribution in [0.15, 0.2) is 36.7 Å². The first-order valence-corrected chi connectivity index (χ1v) is 9.24. The molecule has 2 heterocycles. The topological polar surface area (TPSA) is 69.5 Å². The number of benzene rings is 1. The Bertz CT molecular complexity index is 981. The average Bonchev–Trinajstić information content (AvgIpc) is 3.14. The molecule has 0 saturated heterocycles. The highest BCUT2D eigenvalue weighted by atomic mass is 16.5. The van der Waals surface area contributed by atoms with Gasteiger partial charge in [0.1, 0.15) is 0 Å². The molecule has 28 heavy (non-hydrogen) atoms. The molecule has 0 fully saturated rings. The Balaban J connectivity index is 1.70. The number of rotatable bonds is 7. The van der Waals surface area contributed by atoms with Crippen LogP contribution in [0, 0.1) is 0 Å². The summed E-state index contributed by atoms with van der Waals surface area (Å²) >= 11 is 0. The monoisotopic (exact) mass is 382 g/mol. The Hall–Kier alpha value is -3.09. The standard InChI is InChI=1S/C21H26N4O3/c1-14(2)25-20-16(13-23-25)11-17(12-22-20)21(26)24(3)9-8-15-6-7-18(27-4)19(10-15)28-5/h6-7,10-14H,8-9H2,1-5H3. The fraction of sp³-hybridized carbons (Fsp3) is 0.381. The molecule has 0 atom stereocenters. The van der Waals surface area contributed by atoms with Crippen LogP contribution < -0.4 is 9.47 Å². The van der Waals surface area contributed by atoms with Crippen LogP contribution in [0.1, 0.15) is 35.8 Å². The number of carbonyl (C=O) groups excluding carboxylic acids is 1. The zero-order valence-electron chi connectivity index (χ0n) is 17.0. The summed E-state index contributed by atoms with van der Waals surface area (Å²) in [6, 6.07) is 7.86. The highest BCUT2D eigenvalue weighted by Gasteiger charge is 2.15. The first-order valence-electron chi connectivity index (χ1n) is 9.24. The van der Waals surface area contributed by atoms with Gasteiger partial charge in [-0.05, 0) is 44.0 Å². The molecule has 0 saturated carbocycles. The van der Waals surface area contributed by atoms with Gasteiger partial charge < -0.3 is 14.4 Å². The molecule has 2 aromatic heterocycles. The highest BCUT2D eigenvalue weighted by molar-refractivity contribution is 5.96. The number of fused-ring (bicyclic) bond motifs is 1. The molecule has 7 heteroatoms. The summed E-state index contributed by atoms with van der Waals surface area (Å²) in [6.07, 6.45) is 4.09. The summed E-state index contributed by atoms with van der Waals surface area (Å²) in [5.74, 6) is 1.31. The van der Waals surface area contributed by atoms with Crippen LogP contribution in [0.25, 0.3) is 11.0 Å². The van der Waals surface area contributed by atoms with Gasteiger partial charge in [-0.2, -0.15) is 5.10 Å². The molecule has 1 amide bonds. The van der Waals surface area contributed by atoms with Gasteiger partial charge in [0.2, 0.25) is 0 Å². The van der Waals surface area contributed by atoms with Gasteiger partial charge in [-0.1, -0.05) is 6.07 Å². The maximum Gasteiger partial charge on any atom is 0.255 e. The molecule has 0 spiro atoms. The van der Waals surface area contributed by atoms with Crippen molar-refractivity contribution in [3.8, 4) is 11.5 Å². The van der Waals surface area contributed by atoms with Gasteiger partial charge in [-0.15, -0.1) is 0 Å². The number of ether oxygens (including phenoxy) is 2. The van der Waals surface area contributed by atoms with Crippen LogP contribution in [-0.2, 0) is 6.42 Å². The maximum absolute atomic E-state index is 12.8. The predicted molar refractivity (Wildman–Crippen MR) is 108 cm³/mol. The number of hydrogen-bond acceptors (Lipinski definition) is 5. The van der Waals surface area contributed by atoms with Crippen molar-refractivity contribution < 1.29 is 14.3 Å². The Kier molecular flexibility index (Phi) is 5.82. The molecular weight excluding hydrogens is 356 g/mol. The van der Waals surface area contributed by atoms with E-state index in [4.69, 9.17) is 9.47 Å². The summed E-state index contributed by atoms with van der Waals surface area (Å²) in [7, 11) is 5.02. The molecule has 7 nitrogen and oxygen atoms in total. The number of methoxy groups -OCH3 is 2. The molecule has 0 bridgehead atoms. The minimum absolute atomic E-state index is 0.0628. The van der Waals surface area contributed by atoms with Crippen molar-refractivity contribution in [1.29, 1.82) is 0 Å². The smallest absolute Gasteiger partial charge is 0.255 e. The SMILES string of the molecule is COc1ccc(CCN(C)C(=O)c2cnc3c(cnn3C(C)C)c2)cc1OC. The molecule has 1 aromatic carbocycles. The Labute approximate surface area is 164 Å². The third kappa shape index (κ3) is 3.93.